The first-order valence-corrected chi connectivity index (χ1v) is 35.3. The van der Waals surface area contributed by atoms with Crippen LogP contribution in [0.15, 0.2) is 101 Å². The quantitative estimate of drug-likeness (QED) is 0.0411. The summed E-state index contributed by atoms with van der Waals surface area (Å²) in [7, 11) is 5.40. The molecule has 15 aliphatic rings. The largest absolute Gasteiger partial charge is 0.504 e. The molecule has 8 N–H and O–H groups in total. The van der Waals surface area contributed by atoms with Crippen molar-refractivity contribution < 1.29 is 45.3 Å². The van der Waals surface area contributed by atoms with Crippen LogP contribution >= 0.6 is 21.6 Å². The average molecular weight is 1190 g/mol. The van der Waals surface area contributed by atoms with Crippen molar-refractivity contribution in [3.63, 3.8) is 0 Å². The van der Waals surface area contributed by atoms with E-state index in [-0.39, 0.29) is 94.7 Å². The summed E-state index contributed by atoms with van der Waals surface area (Å²) >= 11 is 0. The lowest BCUT2D eigenvalue weighted by molar-refractivity contribution is -0.182. The van der Waals surface area contributed by atoms with Gasteiger partial charge in [-0.05, 0) is 198 Å². The molecule has 2 aliphatic heterocycles. The third kappa shape index (κ3) is 7.52. The first-order chi connectivity index (χ1) is 41.8. The van der Waals surface area contributed by atoms with Gasteiger partial charge in [0, 0.05) is 82.3 Å². The van der Waals surface area contributed by atoms with E-state index in [1.54, 1.807) is 12.1 Å². The molecule has 2 heterocycles. The summed E-state index contributed by atoms with van der Waals surface area (Å²) in [5.41, 5.74) is 12.6. The lowest BCUT2D eigenvalue weighted by Crippen LogP contribution is -2.78. The van der Waals surface area contributed by atoms with Gasteiger partial charge in [-0.1, -0.05) is 125 Å². The molecule has 0 unspecified atom stereocenters. The molecule has 5 fully saturated rings. The van der Waals surface area contributed by atoms with E-state index >= 15 is 4.79 Å². The van der Waals surface area contributed by atoms with Crippen molar-refractivity contribution in [2.75, 3.05) is 25.2 Å². The Morgan fingerprint density at radius 3 is 2.42 bits per heavy atom. The molecule has 448 valence electrons. The Morgan fingerprint density at radius 2 is 1.60 bits per heavy atom. The molecular weight excluding hydrogens is 1110 g/mol. The second-order valence-corrected chi connectivity index (χ2v) is 31.8. The van der Waals surface area contributed by atoms with Crippen LogP contribution in [0.1, 0.15) is 145 Å². The van der Waals surface area contributed by atoms with Crippen molar-refractivity contribution in [1.82, 2.24) is 5.32 Å². The number of hydrogen-bond acceptors (Lipinski definition) is 12. The SMILES string of the molecule is COc1cc([C@@H]2CC(=O)[C@@H]3Cc4cc5cc6c4C[C@H](O)[C@@H](CSSCC4=C7C=C([C@@H](O)C[C@@H]7C7=C[C@H]8CCC[C@@]89C[C@]78[C@H]7C[C@@H]9c9cc(O)c(O)cc9[C@]79[C@H]([C@H]3O)[C@H](C#C[C@@H]2Cc2ccccc2)CN[C@@H]9C[C@@H]48)C52CCCCC2)C6)c(CO)cc1O. The topological polar surface area (TPSA) is 180 Å². The van der Waals surface area contributed by atoms with Gasteiger partial charge in [0.05, 0.1) is 32.0 Å². The minimum atomic E-state index is -1.23. The van der Waals surface area contributed by atoms with Gasteiger partial charge in [0.2, 0.25) is 0 Å². The summed E-state index contributed by atoms with van der Waals surface area (Å²) < 4.78 is 5.81. The summed E-state index contributed by atoms with van der Waals surface area (Å²) in [6.07, 6.45) is 16.3. The van der Waals surface area contributed by atoms with Crippen molar-refractivity contribution in [1.29, 1.82) is 0 Å². The first kappa shape index (κ1) is 55.1. The Bertz CT molecular complexity index is 3690. The van der Waals surface area contributed by atoms with E-state index in [1.807, 2.05) is 51.9 Å². The first-order valence-electron chi connectivity index (χ1n) is 32.8. The van der Waals surface area contributed by atoms with E-state index in [1.165, 1.54) is 35.0 Å². The summed E-state index contributed by atoms with van der Waals surface area (Å²) in [4.78, 5) is 17.1. The van der Waals surface area contributed by atoms with Crippen LogP contribution < -0.4 is 10.1 Å². The number of fused-ring (bicyclic) bond motifs is 5. The normalized spacial score (nSPS) is 39.8. The maximum Gasteiger partial charge on any atom is 0.160 e. The third-order valence-electron chi connectivity index (χ3n) is 26.3. The number of nitrogens with one attached hydrogen (secondary N) is 1. The highest BCUT2D eigenvalue weighted by Gasteiger charge is 2.78. The molecule has 0 radical (unpaired) electrons. The lowest BCUT2D eigenvalue weighted by Gasteiger charge is -2.77. The van der Waals surface area contributed by atoms with Crippen molar-refractivity contribution in [3.8, 4) is 34.8 Å². The molecule has 4 saturated carbocycles. The van der Waals surface area contributed by atoms with Crippen molar-refractivity contribution >= 4 is 27.4 Å². The summed E-state index contributed by atoms with van der Waals surface area (Å²) in [6.45, 7) is 0.0880. The van der Waals surface area contributed by atoms with E-state index in [2.05, 4.69) is 53.6 Å². The van der Waals surface area contributed by atoms with Crippen molar-refractivity contribution in [3.05, 3.63) is 151 Å². The van der Waals surface area contributed by atoms with E-state index in [4.69, 9.17) is 4.74 Å². The molecule has 10 nitrogen and oxygen atoms in total. The van der Waals surface area contributed by atoms with Crippen LogP contribution in [0.3, 0.4) is 0 Å². The number of piperidine rings is 1. The number of phenols is 3. The maximum absolute atomic E-state index is 17.1. The highest BCUT2D eigenvalue weighted by molar-refractivity contribution is 8.76. The summed E-state index contributed by atoms with van der Waals surface area (Å²) in [5, 5.41) is 92.0. The van der Waals surface area contributed by atoms with Crippen LogP contribution in [0, 0.1) is 75.9 Å². The highest BCUT2D eigenvalue weighted by Crippen LogP contribution is 2.83. The number of ether oxygens (including phenoxy) is 1. The molecule has 4 aromatic carbocycles. The Morgan fingerprint density at radius 1 is 0.791 bits per heavy atom. The molecule has 12 heteroatoms. The number of methoxy groups -OCH3 is 1. The fourth-order valence-electron chi connectivity index (χ4n) is 23.0. The predicted octanol–water partition coefficient (Wildman–Crippen LogP) is 11.1. The van der Waals surface area contributed by atoms with Crippen LogP contribution in [-0.2, 0) is 47.9 Å². The Hall–Kier alpha value is -4.97. The van der Waals surface area contributed by atoms with Gasteiger partial charge in [0.15, 0.2) is 23.0 Å². The standard InChI is InChI=1S/C74H81NO9S2/c1-84-66-29-49(43(34-76)22-65(66)82)48-26-61(78)53-21-42-20-46-19-41-18-44(60(77)25-47(41)42)35-85-86-36-54-50-24-59(71(46)14-6-3-7-15-71)62(79)27-51(50)56-23-45-11-8-16-72(45)37-73(56)57(54)32-68-74(58-30-64(81)63(80)28-52(58)55(72)31-67(73)74)69(70(53)83)40(33-75-68)13-12-39(48)17-38-9-4-2-5-10-38/h2,4-5,9-10,19-20,22-24,28-30,39-40,44-45,48,51,53,55,57,60,62,67-70,75-77,79-83H,3,6-8,11,14-18,21,25-27,31-37H2,1H3/t39-,40-,44-,45-,48-,51+,53+,55-,57+,60+,62+,67-,68-,69+,70+,72-,73+,74+/m1/s1. The maximum atomic E-state index is 17.1. The van der Waals surface area contributed by atoms with Gasteiger partial charge in [0.1, 0.15) is 5.78 Å². The lowest BCUT2D eigenvalue weighted by atomic mass is 9.27. The van der Waals surface area contributed by atoms with E-state index < -0.39 is 58.7 Å². The molecule has 1 saturated heterocycles. The van der Waals surface area contributed by atoms with Gasteiger partial charge in [-0.25, -0.2) is 0 Å². The number of phenolic OH excluding ortho intramolecular Hbond substituents is 3. The van der Waals surface area contributed by atoms with Gasteiger partial charge in [-0.3, -0.25) is 4.79 Å². The van der Waals surface area contributed by atoms with Gasteiger partial charge in [0.25, 0.3) is 0 Å². The zero-order valence-electron chi connectivity index (χ0n) is 49.3. The van der Waals surface area contributed by atoms with E-state index in [0.717, 1.165) is 116 Å². The summed E-state index contributed by atoms with van der Waals surface area (Å²) in [6, 6.07) is 22.1. The Kier molecular flexibility index (Phi) is 12.8. The zero-order valence-corrected chi connectivity index (χ0v) is 50.9. The number of ketones is 1. The van der Waals surface area contributed by atoms with Gasteiger partial charge in [-0.2, -0.15) is 0 Å². The highest BCUT2D eigenvalue weighted by atomic mass is 33.1. The summed E-state index contributed by atoms with van der Waals surface area (Å²) in [5.74, 6) is 6.78. The van der Waals surface area contributed by atoms with Gasteiger partial charge < -0.3 is 45.8 Å². The Balaban J connectivity index is 1.00. The molecule has 0 amide bonds. The zero-order chi connectivity index (χ0) is 58.3. The fourth-order valence-corrected chi connectivity index (χ4v) is 25.6. The van der Waals surface area contributed by atoms with Crippen molar-refractivity contribution in [2.24, 2.45) is 64.1 Å². The van der Waals surface area contributed by atoms with Gasteiger partial charge in [-0.15, -0.1) is 0 Å². The average Bonchev–Trinajstić information content (AvgIpc) is 0.798. The Labute approximate surface area is 513 Å². The minimum Gasteiger partial charge on any atom is -0.504 e. The second-order valence-electron chi connectivity index (χ2n) is 29.3. The number of aliphatic hydroxyl groups is 4. The van der Waals surface area contributed by atoms with Crippen LogP contribution in [0.5, 0.6) is 23.0 Å². The number of Topliss-reactive ketones (excluding diaryl/α,β-unsaturated/α-hetero) is 1. The number of aliphatic hydroxyl groups excluding tert-OH is 4. The number of carbonyl (C=O) groups is 1. The molecule has 4 spiro atoms. The monoisotopic (exact) mass is 1190 g/mol. The van der Waals surface area contributed by atoms with Crippen LogP contribution in [0.25, 0.3) is 0 Å². The number of allylic oxidation sites excluding steroid dienone is 4. The van der Waals surface area contributed by atoms with Gasteiger partial charge >= 0.3 is 0 Å². The fraction of sp³-hybridized carbons (Fsp3) is 0.554. The number of aromatic hydroxyl groups is 3. The molecule has 16 bridgehead atoms. The third-order valence-corrected chi connectivity index (χ3v) is 28.7. The van der Waals surface area contributed by atoms with Crippen molar-refractivity contribution in [2.45, 2.75) is 163 Å². The molecule has 19 rings (SSSR count). The smallest absolute Gasteiger partial charge is 0.160 e. The molecule has 13 aliphatic carbocycles. The second kappa shape index (κ2) is 20.0. The van der Waals surface area contributed by atoms with Crippen LogP contribution in [-0.4, -0.2) is 91.0 Å². The molecular formula is C74H81NO9S2. The van der Waals surface area contributed by atoms with Crippen LogP contribution in [0.4, 0.5) is 0 Å². The minimum absolute atomic E-state index is 0.000759. The molecule has 0 aromatic heterocycles. The number of benzene rings is 4. The molecule has 18 atom stereocenters. The number of rotatable bonds is 5. The van der Waals surface area contributed by atoms with Crippen LogP contribution in [0.2, 0.25) is 0 Å². The van der Waals surface area contributed by atoms with E-state index in [9.17, 15) is 35.7 Å². The number of carbonyl (C=O) groups excluding carboxylic acids is 1. The molecule has 86 heavy (non-hydrogen) atoms. The molecule has 4 aromatic rings. The number of hydrogen-bond donors (Lipinski definition) is 8. The predicted molar refractivity (Wildman–Crippen MR) is 334 cm³/mol. The van der Waals surface area contributed by atoms with E-state index in [0.29, 0.717) is 49.3 Å².